The molecule has 0 aliphatic rings. The van der Waals surface area contributed by atoms with Crippen LogP contribution in [0.2, 0.25) is 5.02 Å². The molecular weight excluding hydrogens is 571 g/mol. The average Bonchev–Trinajstić information content (AvgIpc) is 2.88. The van der Waals surface area contributed by atoms with E-state index in [1.165, 1.54) is 30.3 Å². The van der Waals surface area contributed by atoms with Crippen molar-refractivity contribution >= 4 is 40.0 Å². The molecule has 0 unspecified atom stereocenters. The molecule has 13 heteroatoms. The topological polar surface area (TPSA) is 93.2 Å². The number of benzene rings is 3. The Kier molecular flexibility index (Phi) is 8.16. The van der Waals surface area contributed by atoms with Gasteiger partial charge in [0.2, 0.25) is 11.8 Å². The minimum Gasteiger partial charge on any atom is -0.435 e. The summed E-state index contributed by atoms with van der Waals surface area (Å²) in [6.45, 7) is 4.90. The van der Waals surface area contributed by atoms with Crippen LogP contribution in [0, 0.1) is 17.0 Å². The number of carbonyl (C=O) groups excluding carboxylic acids is 2. The first kappa shape index (κ1) is 29.7. The monoisotopic (exact) mass is 592 g/mol. The average molecular weight is 593 g/mol. The number of nitrogens with one attached hydrogen (secondary N) is 2. The molecule has 4 aromatic rings. The summed E-state index contributed by atoms with van der Waals surface area (Å²) in [6, 6.07) is 8.68. The summed E-state index contributed by atoms with van der Waals surface area (Å²) in [7, 11) is 0. The molecule has 0 saturated heterocycles. The first-order chi connectivity index (χ1) is 19.2. The Morgan fingerprint density at radius 3 is 2.41 bits per heavy atom. The number of amides is 2. The first-order valence-electron chi connectivity index (χ1n) is 12.0. The van der Waals surface area contributed by atoms with Crippen molar-refractivity contribution in [3.05, 3.63) is 88.2 Å². The molecule has 2 amide bonds. The Morgan fingerprint density at radius 2 is 1.73 bits per heavy atom. The van der Waals surface area contributed by atoms with Crippen molar-refractivity contribution in [2.24, 2.45) is 5.41 Å². The molecule has 214 valence electrons. The molecule has 0 aliphatic carbocycles. The van der Waals surface area contributed by atoms with Crippen LogP contribution >= 0.6 is 11.6 Å². The molecule has 0 bridgehead atoms. The third-order valence-corrected chi connectivity index (χ3v) is 6.18. The number of anilines is 1. The van der Waals surface area contributed by atoms with Crippen LogP contribution in [-0.2, 0) is 17.5 Å². The number of rotatable bonds is 6. The molecule has 0 saturated carbocycles. The van der Waals surface area contributed by atoms with Gasteiger partial charge in [-0.15, -0.1) is 0 Å². The number of aromatic nitrogens is 2. The van der Waals surface area contributed by atoms with E-state index in [4.69, 9.17) is 16.3 Å². The van der Waals surface area contributed by atoms with E-state index in [0.717, 1.165) is 6.33 Å². The standard InChI is InChI=1S/C28H22ClF5N4O3/c1-27(2,3)26(40)35-12-14-7-9-17(29)21(22(14)31)24(39)38-19-6-4-5-16-23(19)36-13-37-25(16)41-20-11-15(28(32,33)34)8-10-18(20)30/h4-11,13H,12H2,1-3H3,(H,35,40)(H,38,39). The number of alkyl halides is 3. The Hall–Kier alpha value is -4.32. The number of fused-ring (bicyclic) bond motifs is 1. The van der Waals surface area contributed by atoms with E-state index in [0.29, 0.717) is 18.2 Å². The van der Waals surface area contributed by atoms with Gasteiger partial charge in [-0.05, 0) is 36.4 Å². The second-order valence-corrected chi connectivity index (χ2v) is 10.3. The van der Waals surface area contributed by atoms with E-state index in [1.807, 2.05) is 0 Å². The highest BCUT2D eigenvalue weighted by Gasteiger charge is 2.32. The summed E-state index contributed by atoms with van der Waals surface area (Å²) in [6.07, 6.45) is -3.73. The van der Waals surface area contributed by atoms with E-state index in [1.54, 1.807) is 20.8 Å². The predicted octanol–water partition coefficient (Wildman–Crippen LogP) is 7.29. The van der Waals surface area contributed by atoms with Crippen LogP contribution in [0.25, 0.3) is 10.9 Å². The third-order valence-electron chi connectivity index (χ3n) is 5.86. The molecule has 0 spiro atoms. The number of hydrogen-bond donors (Lipinski definition) is 2. The van der Waals surface area contributed by atoms with E-state index in [2.05, 4.69) is 20.6 Å². The molecule has 0 atom stereocenters. The van der Waals surface area contributed by atoms with Gasteiger partial charge < -0.3 is 15.4 Å². The van der Waals surface area contributed by atoms with Crippen LogP contribution in [0.4, 0.5) is 27.6 Å². The fraction of sp³-hybridized carbons (Fsp3) is 0.214. The van der Waals surface area contributed by atoms with Gasteiger partial charge in [0.15, 0.2) is 11.6 Å². The van der Waals surface area contributed by atoms with Gasteiger partial charge in [-0.1, -0.05) is 44.5 Å². The molecule has 2 N–H and O–H groups in total. The number of nitrogens with zero attached hydrogens (tertiary/aromatic N) is 2. The van der Waals surface area contributed by atoms with Gasteiger partial charge >= 0.3 is 6.18 Å². The van der Waals surface area contributed by atoms with Crippen LogP contribution in [0.5, 0.6) is 11.6 Å². The van der Waals surface area contributed by atoms with Crippen LogP contribution in [-0.4, -0.2) is 21.8 Å². The zero-order chi connectivity index (χ0) is 30.1. The zero-order valence-electron chi connectivity index (χ0n) is 21.8. The maximum Gasteiger partial charge on any atom is 0.416 e. The lowest BCUT2D eigenvalue weighted by Crippen LogP contribution is -2.34. The number of halogens is 6. The predicted molar refractivity (Wildman–Crippen MR) is 142 cm³/mol. The zero-order valence-corrected chi connectivity index (χ0v) is 22.5. The lowest BCUT2D eigenvalue weighted by atomic mass is 9.95. The Labute approximate surface area is 235 Å². The fourth-order valence-electron chi connectivity index (χ4n) is 3.67. The van der Waals surface area contributed by atoms with Crippen molar-refractivity contribution in [1.82, 2.24) is 15.3 Å². The molecule has 0 radical (unpaired) electrons. The van der Waals surface area contributed by atoms with E-state index in [9.17, 15) is 27.2 Å². The molecule has 4 rings (SSSR count). The molecule has 0 aliphatic heterocycles. The van der Waals surface area contributed by atoms with E-state index < -0.39 is 46.0 Å². The number of hydrogen-bond acceptors (Lipinski definition) is 5. The Balaban J connectivity index is 1.64. The van der Waals surface area contributed by atoms with Crippen molar-refractivity contribution in [2.75, 3.05) is 5.32 Å². The smallest absolute Gasteiger partial charge is 0.416 e. The number of para-hydroxylation sites is 1. The fourth-order valence-corrected chi connectivity index (χ4v) is 3.91. The van der Waals surface area contributed by atoms with Gasteiger partial charge in [0, 0.05) is 17.5 Å². The molecule has 7 nitrogen and oxygen atoms in total. The van der Waals surface area contributed by atoms with Crippen LogP contribution in [0.1, 0.15) is 42.3 Å². The summed E-state index contributed by atoms with van der Waals surface area (Å²) in [4.78, 5) is 33.3. The van der Waals surface area contributed by atoms with Crippen molar-refractivity contribution in [3.63, 3.8) is 0 Å². The molecule has 3 aromatic carbocycles. The molecule has 41 heavy (non-hydrogen) atoms. The van der Waals surface area contributed by atoms with E-state index in [-0.39, 0.29) is 45.5 Å². The Bertz CT molecular complexity index is 1650. The van der Waals surface area contributed by atoms with Gasteiger partial charge in [-0.25, -0.2) is 18.7 Å². The highest BCUT2D eigenvalue weighted by atomic mass is 35.5. The van der Waals surface area contributed by atoms with Gasteiger partial charge in [0.25, 0.3) is 5.91 Å². The lowest BCUT2D eigenvalue weighted by Gasteiger charge is -2.18. The molecular formula is C28H22ClF5N4O3. The first-order valence-corrected chi connectivity index (χ1v) is 12.4. The molecule has 1 aromatic heterocycles. The maximum absolute atomic E-state index is 15.4. The molecule has 1 heterocycles. The van der Waals surface area contributed by atoms with Crippen LogP contribution < -0.4 is 15.4 Å². The number of carbonyl (C=O) groups is 2. The maximum atomic E-state index is 15.4. The van der Waals surface area contributed by atoms with Gasteiger partial charge in [0.1, 0.15) is 17.7 Å². The summed E-state index contributed by atoms with van der Waals surface area (Å²) in [5, 5.41) is 5.05. The molecule has 0 fully saturated rings. The van der Waals surface area contributed by atoms with Crippen LogP contribution in [0.3, 0.4) is 0 Å². The largest absolute Gasteiger partial charge is 0.435 e. The van der Waals surface area contributed by atoms with Crippen LogP contribution in [0.15, 0.2) is 54.9 Å². The summed E-state index contributed by atoms with van der Waals surface area (Å²) in [5.41, 5.74) is -2.16. The minimum atomic E-state index is -4.73. The summed E-state index contributed by atoms with van der Waals surface area (Å²) >= 11 is 6.14. The van der Waals surface area contributed by atoms with Gasteiger partial charge in [0.05, 0.1) is 27.2 Å². The van der Waals surface area contributed by atoms with E-state index >= 15 is 4.39 Å². The minimum absolute atomic E-state index is 0.0243. The second-order valence-electron chi connectivity index (χ2n) is 9.91. The van der Waals surface area contributed by atoms with Crippen molar-refractivity contribution in [3.8, 4) is 11.6 Å². The second kappa shape index (κ2) is 11.3. The van der Waals surface area contributed by atoms with Gasteiger partial charge in [-0.2, -0.15) is 13.2 Å². The summed E-state index contributed by atoms with van der Waals surface area (Å²) < 4.78 is 74.4. The van der Waals surface area contributed by atoms with Gasteiger partial charge in [-0.3, -0.25) is 9.59 Å². The SMILES string of the molecule is CC(C)(C)C(=O)NCc1ccc(Cl)c(C(=O)Nc2cccc3c(Oc4cc(C(F)(F)F)ccc4F)ncnc23)c1F. The normalized spacial score (nSPS) is 11.8. The summed E-state index contributed by atoms with van der Waals surface area (Å²) in [5.74, 6) is -4.27. The van der Waals surface area contributed by atoms with Crippen molar-refractivity contribution in [1.29, 1.82) is 0 Å². The quantitative estimate of drug-likeness (QED) is 0.229. The highest BCUT2D eigenvalue weighted by Crippen LogP contribution is 2.36. The highest BCUT2D eigenvalue weighted by molar-refractivity contribution is 6.34. The van der Waals surface area contributed by atoms with Crippen molar-refractivity contribution in [2.45, 2.75) is 33.5 Å². The third kappa shape index (κ3) is 6.54. The number of ether oxygens (including phenoxy) is 1. The van der Waals surface area contributed by atoms with Crippen molar-refractivity contribution < 1.29 is 36.3 Å². The lowest BCUT2D eigenvalue weighted by molar-refractivity contribution is -0.137. The Morgan fingerprint density at radius 1 is 1.00 bits per heavy atom.